The summed E-state index contributed by atoms with van der Waals surface area (Å²) in [6.45, 7) is 2.10. The molecule has 8 nitrogen and oxygen atoms in total. The molecular weight excluding hydrogens is 354 g/mol. The van der Waals surface area contributed by atoms with Crippen molar-refractivity contribution < 1.29 is 13.2 Å². The monoisotopic (exact) mass is 373 g/mol. The van der Waals surface area contributed by atoms with E-state index in [0.29, 0.717) is 18.2 Å². The Labute approximate surface area is 151 Å². The van der Waals surface area contributed by atoms with Crippen molar-refractivity contribution in [3.8, 4) is 5.75 Å². The molecule has 136 valence electrons. The Morgan fingerprint density at radius 3 is 2.42 bits per heavy atom. The average molecular weight is 373 g/mol. The zero-order valence-electron chi connectivity index (χ0n) is 14.4. The Balaban J connectivity index is 1.66. The maximum Gasteiger partial charge on any atom is 0.241 e. The molecule has 0 amide bonds. The minimum absolute atomic E-state index is 0.145. The van der Waals surface area contributed by atoms with Crippen molar-refractivity contribution in [1.29, 1.82) is 0 Å². The summed E-state index contributed by atoms with van der Waals surface area (Å²) < 4.78 is 34.7. The number of tetrazole rings is 1. The highest BCUT2D eigenvalue weighted by Crippen LogP contribution is 2.19. The van der Waals surface area contributed by atoms with Crippen LogP contribution in [0.5, 0.6) is 5.75 Å². The number of benzene rings is 2. The molecule has 0 aliphatic rings. The molecule has 0 unspecified atom stereocenters. The van der Waals surface area contributed by atoms with Crippen LogP contribution in [0.3, 0.4) is 0 Å². The number of aromatic nitrogens is 4. The van der Waals surface area contributed by atoms with E-state index < -0.39 is 16.1 Å². The van der Waals surface area contributed by atoms with E-state index in [0.717, 1.165) is 5.56 Å². The second kappa shape index (κ2) is 7.63. The highest BCUT2D eigenvalue weighted by Gasteiger charge is 2.21. The summed E-state index contributed by atoms with van der Waals surface area (Å²) in [6.07, 6.45) is 0. The lowest BCUT2D eigenvalue weighted by molar-refractivity contribution is 0.306. The third kappa shape index (κ3) is 4.24. The third-order valence-corrected chi connectivity index (χ3v) is 5.31. The fourth-order valence-electron chi connectivity index (χ4n) is 2.41. The summed E-state index contributed by atoms with van der Waals surface area (Å²) in [5.74, 6) is 1.02. The summed E-state index contributed by atoms with van der Waals surface area (Å²) in [5, 5.41) is 11.0. The molecular formula is C17H19N5O3S. The normalized spacial score (nSPS) is 12.7. The van der Waals surface area contributed by atoms with Crippen molar-refractivity contribution in [3.05, 3.63) is 66.0 Å². The number of sulfonamides is 1. The van der Waals surface area contributed by atoms with Gasteiger partial charge in [0, 0.05) is 7.05 Å². The van der Waals surface area contributed by atoms with E-state index in [1.165, 1.54) is 16.8 Å². The van der Waals surface area contributed by atoms with Crippen LogP contribution in [-0.2, 0) is 23.7 Å². The van der Waals surface area contributed by atoms with Crippen LogP contribution in [0.4, 0.5) is 0 Å². The molecule has 0 fully saturated rings. The average Bonchev–Trinajstić information content (AvgIpc) is 3.07. The Bertz CT molecular complexity index is 956. The van der Waals surface area contributed by atoms with Crippen LogP contribution in [-0.4, -0.2) is 28.6 Å². The van der Waals surface area contributed by atoms with Crippen LogP contribution >= 0.6 is 0 Å². The number of ether oxygens (including phenoxy) is 1. The van der Waals surface area contributed by atoms with Gasteiger partial charge in [-0.25, -0.2) is 17.8 Å². The second-order valence-electron chi connectivity index (χ2n) is 5.75. The SMILES string of the molecule is C[C@@H](NS(=O)(=O)c1ccc(OCc2ccccc2)cc1)c1nnnn1C. The summed E-state index contributed by atoms with van der Waals surface area (Å²) in [7, 11) is -2.05. The first-order valence-corrected chi connectivity index (χ1v) is 9.45. The van der Waals surface area contributed by atoms with Crippen LogP contribution in [0.2, 0.25) is 0 Å². The number of hydrogen-bond donors (Lipinski definition) is 1. The van der Waals surface area contributed by atoms with Crippen LogP contribution in [0.1, 0.15) is 24.4 Å². The first-order valence-electron chi connectivity index (χ1n) is 7.97. The molecule has 0 bridgehead atoms. The molecule has 3 rings (SSSR count). The predicted octanol–water partition coefficient (Wildman–Crippen LogP) is 1.83. The highest BCUT2D eigenvalue weighted by molar-refractivity contribution is 7.89. The van der Waals surface area contributed by atoms with E-state index in [-0.39, 0.29) is 4.90 Å². The van der Waals surface area contributed by atoms with Crippen molar-refractivity contribution >= 4 is 10.0 Å². The van der Waals surface area contributed by atoms with Gasteiger partial charge in [0.1, 0.15) is 12.4 Å². The summed E-state index contributed by atoms with van der Waals surface area (Å²) in [6, 6.07) is 15.5. The predicted molar refractivity (Wildman–Crippen MR) is 94.8 cm³/mol. The molecule has 3 aromatic rings. The van der Waals surface area contributed by atoms with Crippen molar-refractivity contribution in [2.75, 3.05) is 0 Å². The molecule has 2 aromatic carbocycles. The fourth-order valence-corrected chi connectivity index (χ4v) is 3.61. The van der Waals surface area contributed by atoms with Gasteiger partial charge in [0.15, 0.2) is 5.82 Å². The molecule has 9 heteroatoms. The Morgan fingerprint density at radius 2 is 1.81 bits per heavy atom. The lowest BCUT2D eigenvalue weighted by Crippen LogP contribution is -2.28. The van der Waals surface area contributed by atoms with E-state index in [9.17, 15) is 8.42 Å². The maximum absolute atomic E-state index is 12.5. The fraction of sp³-hybridized carbons (Fsp3) is 0.235. The molecule has 1 aromatic heterocycles. The van der Waals surface area contributed by atoms with E-state index in [1.807, 2.05) is 30.3 Å². The highest BCUT2D eigenvalue weighted by atomic mass is 32.2. The lowest BCUT2D eigenvalue weighted by Gasteiger charge is -2.13. The zero-order chi connectivity index (χ0) is 18.6. The van der Waals surface area contributed by atoms with E-state index >= 15 is 0 Å². The van der Waals surface area contributed by atoms with Gasteiger partial charge in [-0.2, -0.15) is 0 Å². The van der Waals surface area contributed by atoms with Gasteiger partial charge in [0.25, 0.3) is 0 Å². The van der Waals surface area contributed by atoms with Gasteiger partial charge < -0.3 is 4.74 Å². The van der Waals surface area contributed by atoms with Gasteiger partial charge in [0.2, 0.25) is 10.0 Å². The van der Waals surface area contributed by atoms with Crippen molar-refractivity contribution in [2.45, 2.75) is 24.5 Å². The molecule has 0 spiro atoms. The summed E-state index contributed by atoms with van der Waals surface area (Å²) in [4.78, 5) is 0.145. The number of aryl methyl sites for hydroxylation is 1. The van der Waals surface area contributed by atoms with Gasteiger partial charge in [-0.15, -0.1) is 5.10 Å². The molecule has 0 aliphatic heterocycles. The van der Waals surface area contributed by atoms with Crippen molar-refractivity contribution in [3.63, 3.8) is 0 Å². The Hall–Kier alpha value is -2.78. The molecule has 0 saturated carbocycles. The first kappa shape index (κ1) is 18.0. The number of nitrogens with one attached hydrogen (secondary N) is 1. The number of rotatable bonds is 7. The molecule has 1 heterocycles. The Kier molecular flexibility index (Phi) is 5.29. The smallest absolute Gasteiger partial charge is 0.241 e. The van der Waals surface area contributed by atoms with Gasteiger partial charge in [0.05, 0.1) is 10.9 Å². The van der Waals surface area contributed by atoms with Crippen LogP contribution in [0, 0.1) is 0 Å². The summed E-state index contributed by atoms with van der Waals surface area (Å²) >= 11 is 0. The minimum Gasteiger partial charge on any atom is -0.489 e. The van der Waals surface area contributed by atoms with Gasteiger partial charge >= 0.3 is 0 Å². The summed E-state index contributed by atoms with van der Waals surface area (Å²) in [5.41, 5.74) is 1.04. The molecule has 1 atom stereocenters. The van der Waals surface area contributed by atoms with E-state index in [2.05, 4.69) is 20.2 Å². The molecule has 0 radical (unpaired) electrons. The first-order chi connectivity index (χ1) is 12.5. The largest absolute Gasteiger partial charge is 0.489 e. The Morgan fingerprint density at radius 1 is 1.12 bits per heavy atom. The van der Waals surface area contributed by atoms with Gasteiger partial charge in [-0.3, -0.25) is 0 Å². The van der Waals surface area contributed by atoms with Crippen molar-refractivity contribution in [1.82, 2.24) is 24.9 Å². The quantitative estimate of drug-likeness (QED) is 0.678. The van der Waals surface area contributed by atoms with Crippen LogP contribution in [0.15, 0.2) is 59.5 Å². The van der Waals surface area contributed by atoms with Crippen LogP contribution < -0.4 is 9.46 Å². The molecule has 1 N–H and O–H groups in total. The third-order valence-electron chi connectivity index (χ3n) is 3.75. The number of hydrogen-bond acceptors (Lipinski definition) is 6. The molecule has 26 heavy (non-hydrogen) atoms. The van der Waals surface area contributed by atoms with Gasteiger partial charge in [-0.1, -0.05) is 30.3 Å². The maximum atomic E-state index is 12.5. The lowest BCUT2D eigenvalue weighted by atomic mass is 10.2. The van der Waals surface area contributed by atoms with Crippen molar-refractivity contribution in [2.24, 2.45) is 7.05 Å². The van der Waals surface area contributed by atoms with Gasteiger partial charge in [-0.05, 0) is 47.2 Å². The van der Waals surface area contributed by atoms with E-state index in [1.54, 1.807) is 26.1 Å². The van der Waals surface area contributed by atoms with Crippen LogP contribution in [0.25, 0.3) is 0 Å². The topological polar surface area (TPSA) is 99.0 Å². The molecule has 0 saturated heterocycles. The number of nitrogens with zero attached hydrogens (tertiary/aromatic N) is 4. The second-order valence-corrected chi connectivity index (χ2v) is 7.46. The standard InChI is InChI=1S/C17H19N5O3S/c1-13(17-18-20-21-22(17)2)19-26(23,24)16-10-8-15(9-11-16)25-12-14-6-4-3-5-7-14/h3-11,13,19H,12H2,1-2H3/t13-/m1/s1. The zero-order valence-corrected chi connectivity index (χ0v) is 15.2. The minimum atomic E-state index is -3.70. The van der Waals surface area contributed by atoms with E-state index in [4.69, 9.17) is 4.74 Å². The molecule has 0 aliphatic carbocycles.